The van der Waals surface area contributed by atoms with Crippen LogP contribution >= 0.6 is 0 Å². The van der Waals surface area contributed by atoms with E-state index in [2.05, 4.69) is 21.1 Å². The highest BCUT2D eigenvalue weighted by Crippen LogP contribution is 2.40. The molecule has 2 aromatic carbocycles. The van der Waals surface area contributed by atoms with E-state index >= 15 is 0 Å². The first-order valence-corrected chi connectivity index (χ1v) is 13.8. The maximum Gasteiger partial charge on any atom is 0.250 e. The van der Waals surface area contributed by atoms with Gasteiger partial charge in [0.1, 0.15) is 12.1 Å². The number of benzene rings is 2. The van der Waals surface area contributed by atoms with Crippen molar-refractivity contribution in [3.8, 4) is 0 Å². The highest BCUT2D eigenvalue weighted by atomic mass is 16.2. The summed E-state index contributed by atoms with van der Waals surface area (Å²) < 4.78 is 0. The van der Waals surface area contributed by atoms with Crippen molar-refractivity contribution in [1.82, 2.24) is 20.7 Å². The van der Waals surface area contributed by atoms with Crippen LogP contribution in [-0.4, -0.2) is 71.9 Å². The lowest BCUT2D eigenvalue weighted by Crippen LogP contribution is -2.58. The van der Waals surface area contributed by atoms with E-state index < -0.39 is 5.54 Å². The number of likely N-dealkylation sites (tertiary alicyclic amines) is 1. The molecular formula is C29H36N6O3. The van der Waals surface area contributed by atoms with Crippen LogP contribution in [0.1, 0.15) is 32.1 Å². The van der Waals surface area contributed by atoms with Crippen molar-refractivity contribution in [2.24, 2.45) is 11.8 Å². The Morgan fingerprint density at radius 2 is 1.68 bits per heavy atom. The lowest BCUT2D eigenvalue weighted by molar-refractivity contribution is -0.142. The van der Waals surface area contributed by atoms with Crippen molar-refractivity contribution >= 4 is 29.1 Å². The van der Waals surface area contributed by atoms with Gasteiger partial charge in [-0.15, -0.1) is 0 Å². The SMILES string of the molecule is O=C(CN1CN(c2ccccc2)C2(CCN(C(=O)C3CCC4NNCC4C3)CC2)C1=O)Nc1ccccc1. The van der Waals surface area contributed by atoms with E-state index in [1.54, 1.807) is 4.90 Å². The minimum atomic E-state index is -0.748. The molecule has 3 N–H and O–H groups in total. The van der Waals surface area contributed by atoms with Gasteiger partial charge in [0.15, 0.2) is 0 Å². The Morgan fingerprint density at radius 1 is 0.974 bits per heavy atom. The Bertz CT molecular complexity index is 1170. The Kier molecular flexibility index (Phi) is 6.80. The first-order valence-electron chi connectivity index (χ1n) is 13.8. The predicted octanol–water partition coefficient (Wildman–Crippen LogP) is 2.19. The van der Waals surface area contributed by atoms with Crippen molar-refractivity contribution in [2.75, 3.05) is 43.1 Å². The second-order valence-corrected chi connectivity index (χ2v) is 11.1. The van der Waals surface area contributed by atoms with E-state index in [1.165, 1.54) is 0 Å². The van der Waals surface area contributed by atoms with Gasteiger partial charge in [0.2, 0.25) is 11.8 Å². The number of carbonyl (C=O) groups excluding carboxylic acids is 3. The van der Waals surface area contributed by atoms with Crippen LogP contribution in [0, 0.1) is 11.8 Å². The summed E-state index contributed by atoms with van der Waals surface area (Å²) in [5.41, 5.74) is 7.51. The number of amides is 3. The van der Waals surface area contributed by atoms with E-state index in [1.807, 2.05) is 65.6 Å². The summed E-state index contributed by atoms with van der Waals surface area (Å²) in [6.07, 6.45) is 3.97. The summed E-state index contributed by atoms with van der Waals surface area (Å²) in [6, 6.07) is 19.7. The average Bonchev–Trinajstić information content (AvgIpc) is 3.53. The summed E-state index contributed by atoms with van der Waals surface area (Å²) in [5.74, 6) is 0.569. The maximum atomic E-state index is 13.9. The molecule has 1 spiro atoms. The van der Waals surface area contributed by atoms with Crippen molar-refractivity contribution in [1.29, 1.82) is 0 Å². The van der Waals surface area contributed by atoms with Gasteiger partial charge in [-0.05, 0) is 62.3 Å². The maximum absolute atomic E-state index is 13.9. The Labute approximate surface area is 223 Å². The number of para-hydroxylation sites is 2. The zero-order chi connectivity index (χ0) is 26.1. The fraction of sp³-hybridized carbons (Fsp3) is 0.483. The van der Waals surface area contributed by atoms with Crippen LogP contribution in [-0.2, 0) is 14.4 Å². The van der Waals surface area contributed by atoms with Crippen molar-refractivity contribution < 1.29 is 14.4 Å². The van der Waals surface area contributed by atoms with Gasteiger partial charge in [0.25, 0.3) is 5.91 Å². The number of hydrazine groups is 1. The fourth-order valence-electron chi connectivity index (χ4n) is 6.80. The van der Waals surface area contributed by atoms with Gasteiger partial charge in [-0.1, -0.05) is 36.4 Å². The molecule has 3 unspecified atom stereocenters. The smallest absolute Gasteiger partial charge is 0.250 e. The second kappa shape index (κ2) is 10.4. The number of rotatable bonds is 5. The fourth-order valence-corrected chi connectivity index (χ4v) is 6.80. The molecule has 4 fully saturated rings. The van der Waals surface area contributed by atoms with Crippen LogP contribution in [0.3, 0.4) is 0 Å². The summed E-state index contributed by atoms with van der Waals surface area (Å²) in [6.45, 7) is 2.38. The zero-order valence-corrected chi connectivity index (χ0v) is 21.6. The number of hydrogen-bond donors (Lipinski definition) is 3. The Morgan fingerprint density at radius 3 is 2.42 bits per heavy atom. The number of piperidine rings is 1. The largest absolute Gasteiger partial charge is 0.342 e. The van der Waals surface area contributed by atoms with Crippen LogP contribution in [0.4, 0.5) is 11.4 Å². The number of hydrogen-bond acceptors (Lipinski definition) is 6. The van der Waals surface area contributed by atoms with Crippen LogP contribution in [0.25, 0.3) is 0 Å². The molecule has 3 atom stereocenters. The van der Waals surface area contributed by atoms with Gasteiger partial charge < -0.3 is 20.0 Å². The number of fused-ring (bicyclic) bond motifs is 1. The summed E-state index contributed by atoms with van der Waals surface area (Å²) in [5, 5.41) is 2.90. The molecule has 2 aromatic rings. The highest BCUT2D eigenvalue weighted by Gasteiger charge is 2.54. The van der Waals surface area contributed by atoms with Crippen LogP contribution < -0.4 is 21.1 Å². The second-order valence-electron chi connectivity index (χ2n) is 11.1. The average molecular weight is 517 g/mol. The molecule has 0 aromatic heterocycles. The van der Waals surface area contributed by atoms with Crippen LogP contribution in [0.5, 0.6) is 0 Å². The van der Waals surface area contributed by atoms with E-state index in [-0.39, 0.29) is 30.2 Å². The third-order valence-electron chi connectivity index (χ3n) is 8.86. The van der Waals surface area contributed by atoms with Crippen LogP contribution in [0.2, 0.25) is 0 Å². The van der Waals surface area contributed by atoms with Crippen molar-refractivity contribution in [3.05, 3.63) is 60.7 Å². The van der Waals surface area contributed by atoms with Gasteiger partial charge in [-0.25, -0.2) is 0 Å². The Hall–Kier alpha value is -3.43. The van der Waals surface area contributed by atoms with E-state index in [0.717, 1.165) is 31.5 Å². The molecule has 4 aliphatic rings. The minimum absolute atomic E-state index is 0.00580. The molecule has 1 saturated carbocycles. The number of anilines is 2. The molecule has 9 heteroatoms. The summed E-state index contributed by atoms with van der Waals surface area (Å²) in [7, 11) is 0. The molecule has 3 heterocycles. The van der Waals surface area contributed by atoms with E-state index in [4.69, 9.17) is 0 Å². The lowest BCUT2D eigenvalue weighted by atomic mass is 9.77. The molecule has 0 bridgehead atoms. The molecular weight excluding hydrogens is 480 g/mol. The number of nitrogens with zero attached hydrogens (tertiary/aromatic N) is 3. The molecule has 1 aliphatic carbocycles. The molecule has 38 heavy (non-hydrogen) atoms. The van der Waals surface area contributed by atoms with Gasteiger partial charge in [0, 0.05) is 43.0 Å². The first kappa shape index (κ1) is 24.9. The molecule has 3 amide bonds. The van der Waals surface area contributed by atoms with Crippen molar-refractivity contribution in [3.63, 3.8) is 0 Å². The predicted molar refractivity (Wildman–Crippen MR) is 145 cm³/mol. The first-order chi connectivity index (χ1) is 18.5. The van der Waals surface area contributed by atoms with Gasteiger partial charge in [-0.2, -0.15) is 0 Å². The van der Waals surface area contributed by atoms with Gasteiger partial charge in [-0.3, -0.25) is 25.2 Å². The highest BCUT2D eigenvalue weighted by molar-refractivity contribution is 5.99. The van der Waals surface area contributed by atoms with Gasteiger partial charge >= 0.3 is 0 Å². The molecule has 0 radical (unpaired) electrons. The zero-order valence-electron chi connectivity index (χ0n) is 21.6. The molecule has 9 nitrogen and oxygen atoms in total. The topological polar surface area (TPSA) is 97.0 Å². The molecule has 3 saturated heterocycles. The molecule has 3 aliphatic heterocycles. The summed E-state index contributed by atoms with van der Waals surface area (Å²) in [4.78, 5) is 46.1. The third kappa shape index (κ3) is 4.65. The minimum Gasteiger partial charge on any atom is -0.342 e. The standard InChI is InChI=1S/C29H36N6O3/c36-26(31-23-7-3-1-4-8-23)19-34-20-35(24-9-5-2-6-10-24)29(28(34)38)13-15-33(16-14-29)27(37)21-11-12-25-22(17-21)18-30-32-25/h1-10,21-22,25,30,32H,11-20H2,(H,31,36). The van der Waals surface area contributed by atoms with E-state index in [9.17, 15) is 14.4 Å². The lowest BCUT2D eigenvalue weighted by Gasteiger charge is -2.44. The summed E-state index contributed by atoms with van der Waals surface area (Å²) >= 11 is 0. The van der Waals surface area contributed by atoms with Gasteiger partial charge in [0.05, 0.1) is 6.67 Å². The third-order valence-corrected chi connectivity index (χ3v) is 8.86. The monoisotopic (exact) mass is 516 g/mol. The van der Waals surface area contributed by atoms with Crippen LogP contribution in [0.15, 0.2) is 60.7 Å². The number of carbonyl (C=O) groups is 3. The quantitative estimate of drug-likeness (QED) is 0.564. The normalized spacial score (nSPS) is 26.5. The molecule has 6 rings (SSSR count). The number of nitrogens with one attached hydrogen (secondary N) is 3. The Balaban J connectivity index is 1.15. The molecule has 200 valence electrons. The van der Waals surface area contributed by atoms with Crippen molar-refractivity contribution in [2.45, 2.75) is 43.7 Å². The van der Waals surface area contributed by atoms with E-state index in [0.29, 0.717) is 50.2 Å².